The first-order valence-corrected chi connectivity index (χ1v) is 12.7. The Bertz CT molecular complexity index is 649. The molecule has 0 aliphatic rings. The van der Waals surface area contributed by atoms with Gasteiger partial charge in [-0.05, 0) is 36.3 Å². The largest absolute Gasteiger partial charge is 0.480 e. The molecule has 9 heteroatoms. The van der Waals surface area contributed by atoms with Crippen LogP contribution in [0.5, 0.6) is 0 Å². The summed E-state index contributed by atoms with van der Waals surface area (Å²) in [6.07, 6.45) is 2.78. The third-order valence-corrected chi connectivity index (χ3v) is 6.20. The molecule has 1 amide bonds. The monoisotopic (exact) mass is 470 g/mol. The molecular formula is C22H38N4O3S2. The topological polar surface area (TPSA) is 116 Å². The number of aliphatic carboxylic acids is 1. The maximum atomic E-state index is 13.0. The fourth-order valence-corrected chi connectivity index (χ4v) is 3.65. The van der Waals surface area contributed by atoms with Crippen molar-refractivity contribution in [3.63, 3.8) is 0 Å². The highest BCUT2D eigenvalue weighted by Crippen LogP contribution is 2.08. The van der Waals surface area contributed by atoms with Crippen molar-refractivity contribution >= 4 is 36.3 Å². The lowest BCUT2D eigenvalue weighted by Crippen LogP contribution is -2.55. The minimum absolute atomic E-state index is 0.0410. The predicted molar refractivity (Wildman–Crippen MR) is 133 cm³/mol. The Morgan fingerprint density at radius 3 is 2.35 bits per heavy atom. The molecule has 6 N–H and O–H groups in total. The zero-order valence-corrected chi connectivity index (χ0v) is 20.4. The van der Waals surface area contributed by atoms with Crippen LogP contribution < -0.4 is 21.7 Å². The van der Waals surface area contributed by atoms with Gasteiger partial charge in [0.1, 0.15) is 6.04 Å². The van der Waals surface area contributed by atoms with Gasteiger partial charge in [-0.15, -0.1) is 0 Å². The average Bonchev–Trinajstić information content (AvgIpc) is 2.75. The highest BCUT2D eigenvalue weighted by Gasteiger charge is 2.26. The zero-order chi connectivity index (χ0) is 23.2. The Morgan fingerprint density at radius 1 is 1.13 bits per heavy atom. The molecule has 0 spiro atoms. The molecule has 0 saturated heterocycles. The number of carboxylic acid groups (broad SMARTS) is 1. The highest BCUT2D eigenvalue weighted by molar-refractivity contribution is 7.98. The SMILES string of the molecule is CSCC[C@H](NC(=O)[C@H](Cc1ccccc1)NC[C@@H](NC[C@H](N)CS)C(C)C)C(=O)O. The Labute approximate surface area is 196 Å². The number of nitrogens with one attached hydrogen (secondary N) is 3. The number of carbonyl (C=O) groups is 2. The van der Waals surface area contributed by atoms with Crippen LogP contribution in [0.1, 0.15) is 25.8 Å². The minimum atomic E-state index is -1.01. The number of amides is 1. The fraction of sp³-hybridized carbons (Fsp3) is 0.636. The van der Waals surface area contributed by atoms with Gasteiger partial charge in [-0.3, -0.25) is 4.79 Å². The molecule has 0 heterocycles. The van der Waals surface area contributed by atoms with Crippen molar-refractivity contribution in [2.24, 2.45) is 11.7 Å². The first-order valence-electron chi connectivity index (χ1n) is 10.7. The number of benzene rings is 1. The molecule has 0 aromatic heterocycles. The number of carboxylic acids is 1. The maximum Gasteiger partial charge on any atom is 0.326 e. The molecule has 4 atom stereocenters. The van der Waals surface area contributed by atoms with Crippen LogP contribution in [0.2, 0.25) is 0 Å². The molecule has 1 aromatic carbocycles. The van der Waals surface area contributed by atoms with Gasteiger partial charge in [-0.2, -0.15) is 24.4 Å². The fourth-order valence-electron chi connectivity index (χ4n) is 3.05. The molecule has 0 bridgehead atoms. The summed E-state index contributed by atoms with van der Waals surface area (Å²) in [5, 5.41) is 19.0. The number of carbonyl (C=O) groups excluding carboxylic acids is 1. The highest BCUT2D eigenvalue weighted by atomic mass is 32.2. The van der Waals surface area contributed by atoms with E-state index < -0.39 is 18.1 Å². The molecule has 0 unspecified atom stereocenters. The number of hydrogen-bond donors (Lipinski definition) is 6. The summed E-state index contributed by atoms with van der Waals surface area (Å²) in [4.78, 5) is 24.6. The molecule has 0 radical (unpaired) electrons. The second-order valence-corrected chi connectivity index (χ2v) is 9.38. The average molecular weight is 471 g/mol. The van der Waals surface area contributed by atoms with E-state index >= 15 is 0 Å². The normalized spacial score (nSPS) is 15.3. The van der Waals surface area contributed by atoms with E-state index in [1.54, 1.807) is 11.8 Å². The van der Waals surface area contributed by atoms with Crippen molar-refractivity contribution in [1.82, 2.24) is 16.0 Å². The zero-order valence-electron chi connectivity index (χ0n) is 18.7. The number of thioether (sulfide) groups is 1. The van der Waals surface area contributed by atoms with E-state index in [-0.39, 0.29) is 18.0 Å². The Morgan fingerprint density at radius 2 is 1.81 bits per heavy atom. The van der Waals surface area contributed by atoms with Gasteiger partial charge < -0.3 is 26.8 Å². The first kappa shape index (κ1) is 27.8. The molecule has 1 rings (SSSR count). The number of hydrogen-bond acceptors (Lipinski definition) is 7. The Kier molecular flexibility index (Phi) is 13.9. The summed E-state index contributed by atoms with van der Waals surface area (Å²) in [6.45, 7) is 5.42. The van der Waals surface area contributed by atoms with Crippen molar-refractivity contribution in [3.8, 4) is 0 Å². The van der Waals surface area contributed by atoms with E-state index in [0.29, 0.717) is 43.4 Å². The van der Waals surface area contributed by atoms with E-state index in [0.717, 1.165) is 5.56 Å². The van der Waals surface area contributed by atoms with E-state index in [1.165, 1.54) is 0 Å². The van der Waals surface area contributed by atoms with Crippen molar-refractivity contribution in [1.29, 1.82) is 0 Å². The minimum Gasteiger partial charge on any atom is -0.480 e. The molecule has 0 fully saturated rings. The maximum absolute atomic E-state index is 13.0. The lowest BCUT2D eigenvalue weighted by atomic mass is 10.0. The van der Waals surface area contributed by atoms with Crippen LogP contribution in [-0.2, 0) is 16.0 Å². The molecule has 176 valence electrons. The van der Waals surface area contributed by atoms with Gasteiger partial charge in [0, 0.05) is 30.9 Å². The lowest BCUT2D eigenvalue weighted by Gasteiger charge is -2.28. The molecule has 31 heavy (non-hydrogen) atoms. The smallest absolute Gasteiger partial charge is 0.326 e. The standard InChI is InChI=1S/C22H38N4O3S2/c1-15(2)20(24-12-17(23)14-30)13-25-19(11-16-7-5-4-6-8-16)21(27)26-18(22(28)29)9-10-31-3/h4-8,15,17-20,24-25,30H,9-14,23H2,1-3H3,(H,26,27)(H,28,29)/t17-,18-,19-,20+/m0/s1. The van der Waals surface area contributed by atoms with Gasteiger partial charge >= 0.3 is 5.97 Å². The number of thiol groups is 1. The van der Waals surface area contributed by atoms with E-state index in [2.05, 4.69) is 42.4 Å². The van der Waals surface area contributed by atoms with Gasteiger partial charge in [0.2, 0.25) is 5.91 Å². The Balaban J connectivity index is 2.86. The number of nitrogens with two attached hydrogens (primary N) is 1. The molecule has 0 aliphatic heterocycles. The second kappa shape index (κ2) is 15.5. The van der Waals surface area contributed by atoms with Gasteiger partial charge in [0.25, 0.3) is 0 Å². The summed E-state index contributed by atoms with van der Waals surface area (Å²) >= 11 is 5.78. The van der Waals surface area contributed by atoms with E-state index in [4.69, 9.17) is 5.73 Å². The molecule has 0 saturated carbocycles. The summed E-state index contributed by atoms with van der Waals surface area (Å²) in [5.41, 5.74) is 6.98. The van der Waals surface area contributed by atoms with Gasteiger partial charge in [0.15, 0.2) is 0 Å². The summed E-state index contributed by atoms with van der Waals surface area (Å²) in [7, 11) is 0. The lowest BCUT2D eigenvalue weighted by molar-refractivity contribution is -0.142. The van der Waals surface area contributed by atoms with Crippen LogP contribution >= 0.6 is 24.4 Å². The molecule has 0 aliphatic carbocycles. The van der Waals surface area contributed by atoms with Crippen LogP contribution in [0.25, 0.3) is 0 Å². The number of rotatable bonds is 16. The second-order valence-electron chi connectivity index (χ2n) is 8.03. The van der Waals surface area contributed by atoms with Crippen LogP contribution in [0, 0.1) is 5.92 Å². The van der Waals surface area contributed by atoms with Gasteiger partial charge in [-0.1, -0.05) is 44.2 Å². The summed E-state index contributed by atoms with van der Waals surface area (Å²) < 4.78 is 0. The first-order chi connectivity index (χ1) is 14.8. The van der Waals surface area contributed by atoms with E-state index in [9.17, 15) is 14.7 Å². The Hall–Kier alpha value is -1.26. The van der Waals surface area contributed by atoms with Crippen molar-refractivity contribution in [2.75, 3.05) is 30.9 Å². The van der Waals surface area contributed by atoms with Gasteiger partial charge in [-0.25, -0.2) is 4.79 Å². The molecular weight excluding hydrogens is 432 g/mol. The van der Waals surface area contributed by atoms with Crippen LogP contribution in [0.4, 0.5) is 0 Å². The van der Waals surface area contributed by atoms with Crippen LogP contribution in [0.15, 0.2) is 30.3 Å². The summed E-state index contributed by atoms with van der Waals surface area (Å²) in [5.74, 6) is 0.277. The third-order valence-electron chi connectivity index (χ3n) is 5.09. The van der Waals surface area contributed by atoms with Crippen molar-refractivity contribution in [2.45, 2.75) is 50.9 Å². The third kappa shape index (κ3) is 11.2. The predicted octanol–water partition coefficient (Wildman–Crippen LogP) is 1.38. The molecule has 7 nitrogen and oxygen atoms in total. The molecule has 1 aromatic rings. The van der Waals surface area contributed by atoms with Crippen molar-refractivity contribution in [3.05, 3.63) is 35.9 Å². The van der Waals surface area contributed by atoms with Crippen LogP contribution in [0.3, 0.4) is 0 Å². The summed E-state index contributed by atoms with van der Waals surface area (Å²) in [6, 6.07) is 8.36. The van der Waals surface area contributed by atoms with Gasteiger partial charge in [0.05, 0.1) is 6.04 Å². The van der Waals surface area contributed by atoms with E-state index in [1.807, 2.05) is 36.6 Å². The van der Waals surface area contributed by atoms with Crippen molar-refractivity contribution < 1.29 is 14.7 Å². The van der Waals surface area contributed by atoms with Crippen LogP contribution in [-0.4, -0.2) is 72.0 Å². The quantitative estimate of drug-likeness (QED) is 0.202.